The van der Waals surface area contributed by atoms with Crippen LogP contribution in [0.2, 0.25) is 10.0 Å². The smallest absolute Gasteiger partial charge is 0.349 e. The van der Waals surface area contributed by atoms with Gasteiger partial charge in [0.2, 0.25) is 0 Å². The highest BCUT2D eigenvalue weighted by molar-refractivity contribution is 6.42. The minimum atomic E-state index is -0.861. The first-order valence-corrected chi connectivity index (χ1v) is 9.15. The molecule has 2 aromatic rings. The number of nitrogens with one attached hydrogen (secondary N) is 1. The zero-order valence-corrected chi connectivity index (χ0v) is 16.8. The summed E-state index contributed by atoms with van der Waals surface area (Å²) in [5, 5.41) is 12.7. The molecule has 0 spiro atoms. The lowest BCUT2D eigenvalue weighted by atomic mass is 10.1. The van der Waals surface area contributed by atoms with E-state index in [0.29, 0.717) is 15.6 Å². The van der Waals surface area contributed by atoms with Crippen LogP contribution in [0.4, 0.5) is 0 Å². The predicted molar refractivity (Wildman–Crippen MR) is 109 cm³/mol. The number of rotatable bonds is 6. The number of carbonyl (C=O) groups excluding carboxylic acids is 2. The third-order valence-electron chi connectivity index (χ3n) is 3.88. The first kappa shape index (κ1) is 21.5. The number of nitriles is 1. The van der Waals surface area contributed by atoms with Gasteiger partial charge in [0.05, 0.1) is 16.1 Å². The normalized spacial score (nSPS) is 12.0. The molecule has 0 aliphatic heterocycles. The van der Waals surface area contributed by atoms with Crippen molar-refractivity contribution in [1.82, 2.24) is 5.32 Å². The molecule has 1 atom stereocenters. The van der Waals surface area contributed by atoms with Gasteiger partial charge in [0, 0.05) is 0 Å². The van der Waals surface area contributed by atoms with Crippen LogP contribution in [-0.4, -0.2) is 18.5 Å². The number of benzene rings is 2. The number of halogens is 2. The molecular formula is C21H18Cl2N2O3. The summed E-state index contributed by atoms with van der Waals surface area (Å²) in [6.45, 7) is 3.19. The van der Waals surface area contributed by atoms with Gasteiger partial charge in [-0.15, -0.1) is 0 Å². The summed E-state index contributed by atoms with van der Waals surface area (Å²) in [5.74, 6) is -1.36. The molecule has 0 heterocycles. The van der Waals surface area contributed by atoms with Gasteiger partial charge in [0.15, 0.2) is 6.61 Å². The molecule has 0 aliphatic carbocycles. The van der Waals surface area contributed by atoms with E-state index in [1.54, 1.807) is 43.3 Å². The number of esters is 1. The number of amides is 1. The topological polar surface area (TPSA) is 79.2 Å². The van der Waals surface area contributed by atoms with Gasteiger partial charge in [-0.05, 0) is 43.2 Å². The first-order chi connectivity index (χ1) is 13.3. The fourth-order valence-corrected chi connectivity index (χ4v) is 2.63. The van der Waals surface area contributed by atoms with Crippen LogP contribution in [-0.2, 0) is 14.3 Å². The Morgan fingerprint density at radius 1 is 1.18 bits per heavy atom. The summed E-state index contributed by atoms with van der Waals surface area (Å²) in [6, 6.07) is 13.8. The van der Waals surface area contributed by atoms with Crippen molar-refractivity contribution < 1.29 is 14.3 Å². The molecule has 0 aliphatic rings. The Morgan fingerprint density at radius 3 is 2.46 bits per heavy atom. The van der Waals surface area contributed by atoms with Gasteiger partial charge >= 0.3 is 5.97 Å². The largest absolute Gasteiger partial charge is 0.451 e. The molecule has 0 bridgehead atoms. The number of hydrogen-bond acceptors (Lipinski definition) is 4. The summed E-state index contributed by atoms with van der Waals surface area (Å²) in [4.78, 5) is 24.1. The number of hydrogen-bond donors (Lipinski definition) is 1. The minimum absolute atomic E-state index is 0.186. The molecule has 0 saturated carbocycles. The predicted octanol–water partition coefficient (Wildman–Crippen LogP) is 4.63. The molecule has 5 nitrogen and oxygen atoms in total. The van der Waals surface area contributed by atoms with Crippen molar-refractivity contribution in [2.45, 2.75) is 19.9 Å². The van der Waals surface area contributed by atoms with E-state index in [-0.39, 0.29) is 11.6 Å². The van der Waals surface area contributed by atoms with Crippen LogP contribution in [0.15, 0.2) is 48.0 Å². The highest BCUT2D eigenvalue weighted by Crippen LogP contribution is 2.25. The highest BCUT2D eigenvalue weighted by Gasteiger charge is 2.15. The molecule has 0 radical (unpaired) electrons. The van der Waals surface area contributed by atoms with E-state index in [1.807, 2.05) is 19.1 Å². The molecule has 1 amide bonds. The van der Waals surface area contributed by atoms with Crippen LogP contribution in [0.1, 0.15) is 29.7 Å². The zero-order valence-electron chi connectivity index (χ0n) is 15.3. The molecule has 144 valence electrons. The van der Waals surface area contributed by atoms with Crippen LogP contribution < -0.4 is 5.32 Å². The fourth-order valence-electron chi connectivity index (χ4n) is 2.32. The summed E-state index contributed by atoms with van der Waals surface area (Å²) in [7, 11) is 0. The second-order valence-corrected chi connectivity index (χ2v) is 6.93. The van der Waals surface area contributed by atoms with Gasteiger partial charge < -0.3 is 10.1 Å². The lowest BCUT2D eigenvalue weighted by Gasteiger charge is -2.15. The van der Waals surface area contributed by atoms with Crippen molar-refractivity contribution in [1.29, 1.82) is 5.26 Å². The first-order valence-electron chi connectivity index (χ1n) is 8.40. The summed E-state index contributed by atoms with van der Waals surface area (Å²) >= 11 is 11.8. The molecular weight excluding hydrogens is 399 g/mol. The van der Waals surface area contributed by atoms with E-state index in [2.05, 4.69) is 5.32 Å². The molecule has 0 unspecified atom stereocenters. The second-order valence-electron chi connectivity index (χ2n) is 6.12. The third-order valence-corrected chi connectivity index (χ3v) is 4.62. The average molecular weight is 417 g/mol. The second kappa shape index (κ2) is 9.93. The van der Waals surface area contributed by atoms with E-state index in [9.17, 15) is 14.9 Å². The molecule has 0 fully saturated rings. The van der Waals surface area contributed by atoms with Crippen molar-refractivity contribution in [3.05, 3.63) is 74.8 Å². The SMILES string of the molecule is Cc1ccc(/C=C(\C#N)C(=O)OCC(=O)N[C@H](C)c2ccc(Cl)c(Cl)c2)cc1. The number of ether oxygens (including phenoxy) is 1. The molecule has 0 aromatic heterocycles. The number of nitrogens with zero attached hydrogens (tertiary/aromatic N) is 1. The lowest BCUT2D eigenvalue weighted by molar-refractivity contribution is -0.144. The maximum atomic E-state index is 12.1. The minimum Gasteiger partial charge on any atom is -0.451 e. The summed E-state index contributed by atoms with van der Waals surface area (Å²) in [6.07, 6.45) is 1.41. The van der Waals surface area contributed by atoms with Gasteiger partial charge in [-0.1, -0.05) is 59.1 Å². The van der Waals surface area contributed by atoms with Crippen molar-refractivity contribution in [3.63, 3.8) is 0 Å². The van der Waals surface area contributed by atoms with Crippen molar-refractivity contribution in [2.24, 2.45) is 0 Å². The molecule has 7 heteroatoms. The van der Waals surface area contributed by atoms with Crippen LogP contribution in [0.25, 0.3) is 6.08 Å². The molecule has 1 N–H and O–H groups in total. The zero-order chi connectivity index (χ0) is 20.7. The monoisotopic (exact) mass is 416 g/mol. The molecule has 28 heavy (non-hydrogen) atoms. The van der Waals surface area contributed by atoms with Crippen LogP contribution in [0.3, 0.4) is 0 Å². The Hall–Kier alpha value is -2.81. The Balaban J connectivity index is 1.93. The third kappa shape index (κ3) is 6.12. The van der Waals surface area contributed by atoms with E-state index < -0.39 is 18.5 Å². The Kier molecular flexibility index (Phi) is 7.62. The highest BCUT2D eigenvalue weighted by atomic mass is 35.5. The van der Waals surface area contributed by atoms with Crippen LogP contribution in [0, 0.1) is 18.3 Å². The maximum absolute atomic E-state index is 12.1. The Labute approximate surface area is 173 Å². The fraction of sp³-hybridized carbons (Fsp3) is 0.190. The maximum Gasteiger partial charge on any atom is 0.349 e. The van der Waals surface area contributed by atoms with Gasteiger partial charge in [-0.25, -0.2) is 4.79 Å². The van der Waals surface area contributed by atoms with Crippen LogP contribution >= 0.6 is 23.2 Å². The van der Waals surface area contributed by atoms with Gasteiger partial charge in [0.25, 0.3) is 5.91 Å². The summed E-state index contributed by atoms with van der Waals surface area (Å²) in [5.41, 5.74) is 2.32. The van der Waals surface area contributed by atoms with Crippen molar-refractivity contribution >= 4 is 41.2 Å². The van der Waals surface area contributed by atoms with E-state index in [1.165, 1.54) is 6.08 Å². The molecule has 2 aromatic carbocycles. The average Bonchev–Trinajstić information content (AvgIpc) is 2.67. The van der Waals surface area contributed by atoms with Gasteiger partial charge in [-0.3, -0.25) is 4.79 Å². The van der Waals surface area contributed by atoms with E-state index >= 15 is 0 Å². The Bertz CT molecular complexity index is 947. The van der Waals surface area contributed by atoms with Crippen molar-refractivity contribution in [3.8, 4) is 6.07 Å². The van der Waals surface area contributed by atoms with Gasteiger partial charge in [-0.2, -0.15) is 5.26 Å². The summed E-state index contributed by atoms with van der Waals surface area (Å²) < 4.78 is 4.94. The molecule has 0 saturated heterocycles. The lowest BCUT2D eigenvalue weighted by Crippen LogP contribution is -2.31. The quantitative estimate of drug-likeness (QED) is 0.422. The number of carbonyl (C=O) groups is 2. The van der Waals surface area contributed by atoms with Crippen LogP contribution in [0.5, 0.6) is 0 Å². The van der Waals surface area contributed by atoms with E-state index in [0.717, 1.165) is 11.1 Å². The molecule has 2 rings (SSSR count). The van der Waals surface area contributed by atoms with Crippen molar-refractivity contribution in [2.75, 3.05) is 6.61 Å². The standard InChI is InChI=1S/C21H18Cl2N2O3/c1-13-3-5-15(6-4-13)9-17(11-24)21(27)28-12-20(26)25-14(2)16-7-8-18(22)19(23)10-16/h3-10,14H,12H2,1-2H3,(H,25,26)/b17-9+/t14-/m1/s1. The number of aryl methyl sites for hydroxylation is 1. The Morgan fingerprint density at radius 2 is 1.86 bits per heavy atom. The van der Waals surface area contributed by atoms with Gasteiger partial charge in [0.1, 0.15) is 11.6 Å². The van der Waals surface area contributed by atoms with E-state index in [4.69, 9.17) is 27.9 Å².